The normalized spacial score (nSPS) is 17.6. The molecule has 21 heavy (non-hydrogen) atoms. The fourth-order valence-electron chi connectivity index (χ4n) is 2.45. The molecule has 1 fully saturated rings. The van der Waals surface area contributed by atoms with Gasteiger partial charge in [-0.05, 0) is 37.1 Å². The number of carbonyl (C=O) groups excluding carboxylic acids is 1. The minimum absolute atomic E-state index is 0.208. The number of carbonyl (C=O) groups is 1. The molecule has 2 heterocycles. The first-order valence-corrected chi connectivity index (χ1v) is 7.19. The summed E-state index contributed by atoms with van der Waals surface area (Å²) >= 11 is 6.15. The van der Waals surface area contributed by atoms with Crippen molar-refractivity contribution in [2.24, 2.45) is 5.73 Å². The van der Waals surface area contributed by atoms with Crippen molar-refractivity contribution in [3.63, 3.8) is 0 Å². The van der Waals surface area contributed by atoms with Crippen molar-refractivity contribution in [2.45, 2.75) is 18.4 Å². The van der Waals surface area contributed by atoms with E-state index in [1.54, 1.807) is 18.3 Å². The standard InChI is InChI=1S/C15H16ClN3O2/c16-11-3-4-12(13-10(11)2-1-7-18-13)19-14(20)15(17)5-8-21-9-6-15/h1-4,7H,5-6,8-9,17H2,(H,19,20). The number of anilines is 1. The topological polar surface area (TPSA) is 77.2 Å². The lowest BCUT2D eigenvalue weighted by Gasteiger charge is -2.31. The van der Waals surface area contributed by atoms with E-state index >= 15 is 0 Å². The van der Waals surface area contributed by atoms with Crippen LogP contribution in [0.1, 0.15) is 12.8 Å². The summed E-state index contributed by atoms with van der Waals surface area (Å²) in [6, 6.07) is 7.17. The van der Waals surface area contributed by atoms with Crippen molar-refractivity contribution in [1.82, 2.24) is 4.98 Å². The summed E-state index contributed by atoms with van der Waals surface area (Å²) in [5, 5.41) is 4.28. The van der Waals surface area contributed by atoms with Crippen LogP contribution in [0.4, 0.5) is 5.69 Å². The number of hydrogen-bond acceptors (Lipinski definition) is 4. The van der Waals surface area contributed by atoms with E-state index in [-0.39, 0.29) is 5.91 Å². The Morgan fingerprint density at radius 1 is 1.33 bits per heavy atom. The molecule has 3 N–H and O–H groups in total. The molecule has 0 atom stereocenters. The second-order valence-corrected chi connectivity index (χ2v) is 5.62. The average molecular weight is 306 g/mol. The van der Waals surface area contributed by atoms with Gasteiger partial charge in [0.1, 0.15) is 5.54 Å². The lowest BCUT2D eigenvalue weighted by atomic mass is 9.90. The average Bonchev–Trinajstić information content (AvgIpc) is 2.51. The Kier molecular flexibility index (Phi) is 3.80. The van der Waals surface area contributed by atoms with Crippen LogP contribution in [0, 0.1) is 0 Å². The monoisotopic (exact) mass is 305 g/mol. The van der Waals surface area contributed by atoms with Gasteiger partial charge in [-0.3, -0.25) is 9.78 Å². The van der Waals surface area contributed by atoms with Crippen LogP contribution < -0.4 is 11.1 Å². The Bertz CT molecular complexity index is 684. The van der Waals surface area contributed by atoms with Crippen LogP contribution in [0.15, 0.2) is 30.5 Å². The van der Waals surface area contributed by atoms with E-state index in [0.717, 1.165) is 5.39 Å². The number of benzene rings is 1. The van der Waals surface area contributed by atoms with E-state index in [2.05, 4.69) is 10.3 Å². The first kappa shape index (κ1) is 14.3. The Morgan fingerprint density at radius 2 is 2.10 bits per heavy atom. The van der Waals surface area contributed by atoms with Crippen molar-refractivity contribution in [3.8, 4) is 0 Å². The lowest BCUT2D eigenvalue weighted by molar-refractivity contribution is -0.124. The van der Waals surface area contributed by atoms with E-state index in [9.17, 15) is 4.79 Å². The fraction of sp³-hybridized carbons (Fsp3) is 0.333. The highest BCUT2D eigenvalue weighted by Gasteiger charge is 2.36. The number of amides is 1. The molecule has 1 saturated heterocycles. The molecule has 1 aromatic heterocycles. The van der Waals surface area contributed by atoms with Gasteiger partial charge in [-0.25, -0.2) is 0 Å². The van der Waals surface area contributed by atoms with Gasteiger partial charge >= 0.3 is 0 Å². The van der Waals surface area contributed by atoms with E-state index in [0.29, 0.717) is 42.3 Å². The summed E-state index contributed by atoms with van der Waals surface area (Å²) in [5.74, 6) is -0.208. The largest absolute Gasteiger partial charge is 0.381 e. The third kappa shape index (κ3) is 2.72. The van der Waals surface area contributed by atoms with Gasteiger partial charge in [0, 0.05) is 24.8 Å². The van der Waals surface area contributed by atoms with Gasteiger partial charge in [0.05, 0.1) is 16.2 Å². The number of rotatable bonds is 2. The van der Waals surface area contributed by atoms with Gasteiger partial charge in [0.15, 0.2) is 0 Å². The maximum Gasteiger partial charge on any atom is 0.244 e. The molecule has 1 aliphatic heterocycles. The predicted molar refractivity (Wildman–Crippen MR) is 82.4 cm³/mol. The van der Waals surface area contributed by atoms with Crippen LogP contribution in [-0.2, 0) is 9.53 Å². The molecule has 1 aromatic carbocycles. The lowest BCUT2D eigenvalue weighted by Crippen LogP contribution is -2.54. The number of halogens is 1. The molecule has 1 aliphatic rings. The minimum atomic E-state index is -0.890. The van der Waals surface area contributed by atoms with Crippen molar-refractivity contribution < 1.29 is 9.53 Å². The van der Waals surface area contributed by atoms with Crippen LogP contribution >= 0.6 is 11.6 Å². The third-order valence-corrected chi connectivity index (χ3v) is 4.13. The van der Waals surface area contributed by atoms with Crippen molar-refractivity contribution in [3.05, 3.63) is 35.5 Å². The summed E-state index contributed by atoms with van der Waals surface area (Å²) in [6.07, 6.45) is 2.69. The minimum Gasteiger partial charge on any atom is -0.381 e. The summed E-state index contributed by atoms with van der Waals surface area (Å²) in [5.41, 5.74) is 6.58. The van der Waals surface area contributed by atoms with E-state index in [1.165, 1.54) is 0 Å². The Balaban J connectivity index is 1.91. The van der Waals surface area contributed by atoms with Gasteiger partial charge in [-0.1, -0.05) is 11.6 Å². The zero-order valence-corrected chi connectivity index (χ0v) is 12.2. The number of nitrogens with one attached hydrogen (secondary N) is 1. The molecule has 0 unspecified atom stereocenters. The summed E-state index contributed by atoms with van der Waals surface area (Å²) in [7, 11) is 0. The highest BCUT2D eigenvalue weighted by Crippen LogP contribution is 2.29. The molecule has 0 bridgehead atoms. The zero-order chi connectivity index (χ0) is 14.9. The van der Waals surface area contributed by atoms with E-state index in [4.69, 9.17) is 22.1 Å². The first-order valence-electron chi connectivity index (χ1n) is 6.81. The molecule has 110 valence electrons. The molecule has 6 heteroatoms. The molecule has 1 amide bonds. The number of fused-ring (bicyclic) bond motifs is 1. The van der Waals surface area contributed by atoms with Gasteiger partial charge in [-0.2, -0.15) is 0 Å². The van der Waals surface area contributed by atoms with Crippen molar-refractivity contribution in [2.75, 3.05) is 18.5 Å². The van der Waals surface area contributed by atoms with Crippen LogP contribution in [-0.4, -0.2) is 29.6 Å². The highest BCUT2D eigenvalue weighted by atomic mass is 35.5. The molecule has 3 rings (SSSR count). The molecule has 5 nitrogen and oxygen atoms in total. The number of pyridine rings is 1. The second-order valence-electron chi connectivity index (χ2n) is 5.22. The van der Waals surface area contributed by atoms with Crippen LogP contribution in [0.5, 0.6) is 0 Å². The van der Waals surface area contributed by atoms with Gasteiger partial charge in [0.2, 0.25) is 5.91 Å². The quantitative estimate of drug-likeness (QED) is 0.892. The number of hydrogen-bond donors (Lipinski definition) is 2. The van der Waals surface area contributed by atoms with Crippen molar-refractivity contribution >= 4 is 34.1 Å². The molecule has 2 aromatic rings. The van der Waals surface area contributed by atoms with E-state index < -0.39 is 5.54 Å². The van der Waals surface area contributed by atoms with Crippen molar-refractivity contribution in [1.29, 1.82) is 0 Å². The Hall–Kier alpha value is -1.69. The SMILES string of the molecule is NC1(C(=O)Nc2ccc(Cl)c3cccnc23)CCOCC1. The maximum absolute atomic E-state index is 12.5. The summed E-state index contributed by atoms with van der Waals surface area (Å²) in [6.45, 7) is 1.01. The molecule has 0 aliphatic carbocycles. The van der Waals surface area contributed by atoms with Gasteiger partial charge in [-0.15, -0.1) is 0 Å². The Labute approximate surface area is 127 Å². The second kappa shape index (κ2) is 5.60. The maximum atomic E-state index is 12.5. The molecular formula is C15H16ClN3O2. The smallest absolute Gasteiger partial charge is 0.244 e. The van der Waals surface area contributed by atoms with Gasteiger partial charge < -0.3 is 15.8 Å². The number of ether oxygens (including phenoxy) is 1. The number of nitrogens with two attached hydrogens (primary N) is 1. The highest BCUT2D eigenvalue weighted by molar-refractivity contribution is 6.36. The molecule has 0 spiro atoms. The van der Waals surface area contributed by atoms with Crippen LogP contribution in [0.3, 0.4) is 0 Å². The van der Waals surface area contributed by atoms with E-state index in [1.807, 2.05) is 12.1 Å². The predicted octanol–water partition coefficient (Wildman–Crippen LogP) is 2.33. The summed E-state index contributed by atoms with van der Waals surface area (Å²) in [4.78, 5) is 16.8. The number of aromatic nitrogens is 1. The Morgan fingerprint density at radius 3 is 2.86 bits per heavy atom. The molecular weight excluding hydrogens is 290 g/mol. The van der Waals surface area contributed by atoms with Crippen LogP contribution in [0.25, 0.3) is 10.9 Å². The fourth-order valence-corrected chi connectivity index (χ4v) is 2.66. The van der Waals surface area contributed by atoms with Gasteiger partial charge in [0.25, 0.3) is 0 Å². The summed E-state index contributed by atoms with van der Waals surface area (Å²) < 4.78 is 5.26. The zero-order valence-electron chi connectivity index (χ0n) is 11.4. The van der Waals surface area contributed by atoms with Crippen LogP contribution in [0.2, 0.25) is 5.02 Å². The molecule has 0 radical (unpaired) electrons. The molecule has 0 saturated carbocycles. The third-order valence-electron chi connectivity index (χ3n) is 3.80. The number of nitrogens with zero attached hydrogens (tertiary/aromatic N) is 1. The first-order chi connectivity index (χ1) is 10.1.